The van der Waals surface area contributed by atoms with Gasteiger partial charge in [-0.3, -0.25) is 9.97 Å². The maximum Gasteiger partial charge on any atom is 0.144 e. The first-order valence-corrected chi connectivity index (χ1v) is 15.5. The van der Waals surface area contributed by atoms with Gasteiger partial charge >= 0.3 is 0 Å². The zero-order valence-electron chi connectivity index (χ0n) is 24.5. The van der Waals surface area contributed by atoms with Crippen LogP contribution in [0.3, 0.4) is 0 Å². The normalized spacial score (nSPS) is 11.7. The Labute approximate surface area is 256 Å². The molecule has 0 saturated carbocycles. The van der Waals surface area contributed by atoms with E-state index in [1.165, 1.54) is 36.8 Å². The highest BCUT2D eigenvalue weighted by Crippen LogP contribution is 2.36. The molecule has 0 N–H and O–H groups in total. The molecule has 4 aromatic heterocycles. The quantitative estimate of drug-likeness (QED) is 0.161. The molecule has 0 radical (unpaired) electrons. The van der Waals surface area contributed by atoms with E-state index in [4.69, 9.17) is 18.8 Å². The van der Waals surface area contributed by atoms with Crippen LogP contribution >= 0.6 is 0 Å². The van der Waals surface area contributed by atoms with Crippen molar-refractivity contribution in [2.75, 3.05) is 0 Å². The summed E-state index contributed by atoms with van der Waals surface area (Å²) in [7, 11) is 0. The molecule has 0 aliphatic heterocycles. The molecule has 214 valence electrons. The summed E-state index contributed by atoms with van der Waals surface area (Å²) in [5, 5.41) is 4.56. The van der Waals surface area contributed by atoms with Gasteiger partial charge in [0.05, 0.1) is 11.4 Å². The summed E-state index contributed by atoms with van der Waals surface area (Å²) < 4.78 is 12.4. The summed E-state index contributed by atoms with van der Waals surface area (Å²) in [6, 6.07) is 37.7. The minimum absolute atomic E-state index is 0.905. The lowest BCUT2D eigenvalue weighted by atomic mass is 10.0. The number of benzene rings is 4. The van der Waals surface area contributed by atoms with Crippen LogP contribution in [0, 0.1) is 0 Å². The van der Waals surface area contributed by atoms with E-state index in [0.29, 0.717) is 0 Å². The summed E-state index contributed by atoms with van der Waals surface area (Å²) in [4.78, 5) is 9.62. The Hall–Kier alpha value is -5.22. The van der Waals surface area contributed by atoms with E-state index in [1.54, 1.807) is 0 Å². The molecule has 0 saturated heterocycles. The van der Waals surface area contributed by atoms with E-state index in [9.17, 15) is 0 Å². The lowest BCUT2D eigenvalue weighted by Gasteiger charge is -2.06. The fourth-order valence-corrected chi connectivity index (χ4v) is 6.37. The molecule has 4 heterocycles. The fraction of sp³-hybridized carbons (Fsp3) is 0.150. The van der Waals surface area contributed by atoms with E-state index in [1.807, 2.05) is 36.7 Å². The third kappa shape index (κ3) is 4.92. The molecule has 4 nitrogen and oxygen atoms in total. The number of furan rings is 2. The number of unbranched alkanes of at least 4 members (excludes halogenated alkanes) is 3. The number of para-hydroxylation sites is 4. The van der Waals surface area contributed by atoms with Crippen molar-refractivity contribution < 1.29 is 8.83 Å². The van der Waals surface area contributed by atoms with Crippen LogP contribution in [0.1, 0.15) is 36.8 Å². The topological polar surface area (TPSA) is 52.1 Å². The summed E-state index contributed by atoms with van der Waals surface area (Å²) >= 11 is 0. The summed E-state index contributed by atoms with van der Waals surface area (Å²) in [6.45, 7) is 0. The molecule has 0 bridgehead atoms. The number of pyridine rings is 2. The average molecular weight is 573 g/mol. The molecular formula is C40H32N2O2. The number of hydrogen-bond donors (Lipinski definition) is 0. The third-order valence-corrected chi connectivity index (χ3v) is 8.69. The predicted molar refractivity (Wildman–Crippen MR) is 180 cm³/mol. The van der Waals surface area contributed by atoms with Crippen LogP contribution in [0.2, 0.25) is 0 Å². The predicted octanol–water partition coefficient (Wildman–Crippen LogP) is 11.0. The smallest absolute Gasteiger partial charge is 0.144 e. The summed E-state index contributed by atoms with van der Waals surface area (Å²) in [5.74, 6) is 0. The second kappa shape index (κ2) is 11.5. The van der Waals surface area contributed by atoms with Gasteiger partial charge in [0.2, 0.25) is 0 Å². The Kier molecular flexibility index (Phi) is 6.88. The van der Waals surface area contributed by atoms with Gasteiger partial charge in [-0.25, -0.2) is 0 Å². The van der Waals surface area contributed by atoms with Gasteiger partial charge in [-0.15, -0.1) is 0 Å². The number of aryl methyl sites for hydroxylation is 2. The van der Waals surface area contributed by atoms with Crippen LogP contribution in [0.15, 0.2) is 130 Å². The standard InChI is InChI=1S/C40H32N2O2/c1(3-11-27-21-23-35(41-25-27)33-17-9-15-31-29-13-5-7-19-37(29)43-39(31)33)2-4-12-28-22-24-36(42-26-28)34-18-10-16-32-30-14-6-8-20-38(30)44-40(32)34/h5-10,13-26H,1-4,11-12H2. The highest BCUT2D eigenvalue weighted by Gasteiger charge is 2.14. The van der Waals surface area contributed by atoms with Crippen molar-refractivity contribution in [3.8, 4) is 22.5 Å². The van der Waals surface area contributed by atoms with Crippen LogP contribution in [-0.4, -0.2) is 9.97 Å². The van der Waals surface area contributed by atoms with Crippen molar-refractivity contribution >= 4 is 43.9 Å². The molecule has 4 heteroatoms. The molecule has 0 atom stereocenters. The number of rotatable bonds is 9. The molecule has 0 spiro atoms. The molecule has 8 rings (SSSR count). The van der Waals surface area contributed by atoms with E-state index in [-0.39, 0.29) is 0 Å². The Bertz CT molecular complexity index is 2060. The van der Waals surface area contributed by atoms with Crippen LogP contribution in [0.25, 0.3) is 66.4 Å². The molecule has 8 aromatic rings. The van der Waals surface area contributed by atoms with Crippen molar-refractivity contribution in [1.82, 2.24) is 9.97 Å². The second-order valence-corrected chi connectivity index (χ2v) is 11.6. The molecule has 44 heavy (non-hydrogen) atoms. The van der Waals surface area contributed by atoms with Crippen molar-refractivity contribution in [2.24, 2.45) is 0 Å². The van der Waals surface area contributed by atoms with Crippen LogP contribution in [-0.2, 0) is 12.8 Å². The molecule has 0 unspecified atom stereocenters. The number of nitrogens with zero attached hydrogens (tertiary/aromatic N) is 2. The van der Waals surface area contributed by atoms with Gasteiger partial charge in [0.25, 0.3) is 0 Å². The largest absolute Gasteiger partial charge is 0.455 e. The molecular weight excluding hydrogens is 540 g/mol. The van der Waals surface area contributed by atoms with E-state index < -0.39 is 0 Å². The fourth-order valence-electron chi connectivity index (χ4n) is 6.37. The van der Waals surface area contributed by atoms with Gasteiger partial charge in [-0.2, -0.15) is 0 Å². The molecule has 0 aliphatic rings. The van der Waals surface area contributed by atoms with Crippen molar-refractivity contribution in [1.29, 1.82) is 0 Å². The number of aromatic nitrogens is 2. The van der Waals surface area contributed by atoms with Crippen molar-refractivity contribution in [3.05, 3.63) is 133 Å². The van der Waals surface area contributed by atoms with Crippen molar-refractivity contribution in [2.45, 2.75) is 38.5 Å². The molecule has 0 amide bonds. The zero-order valence-corrected chi connectivity index (χ0v) is 24.5. The molecule has 4 aromatic carbocycles. The lowest BCUT2D eigenvalue weighted by molar-refractivity contribution is 0.639. The summed E-state index contributed by atoms with van der Waals surface area (Å²) in [5.41, 5.74) is 10.2. The zero-order chi connectivity index (χ0) is 29.3. The Morgan fingerprint density at radius 2 is 0.864 bits per heavy atom. The Morgan fingerprint density at radius 3 is 1.32 bits per heavy atom. The van der Waals surface area contributed by atoms with Crippen LogP contribution < -0.4 is 0 Å². The van der Waals surface area contributed by atoms with Gasteiger partial charge in [-0.1, -0.05) is 85.6 Å². The van der Waals surface area contributed by atoms with Gasteiger partial charge in [-0.05, 0) is 73.2 Å². The minimum Gasteiger partial charge on any atom is -0.455 e. The van der Waals surface area contributed by atoms with E-state index in [2.05, 4.69) is 84.9 Å². The van der Waals surface area contributed by atoms with E-state index >= 15 is 0 Å². The van der Waals surface area contributed by atoms with Gasteiger partial charge in [0.1, 0.15) is 22.3 Å². The molecule has 0 aliphatic carbocycles. The van der Waals surface area contributed by atoms with E-state index in [0.717, 1.165) is 79.2 Å². The highest BCUT2D eigenvalue weighted by atomic mass is 16.3. The Balaban J connectivity index is 0.844. The SMILES string of the molecule is c1ccc2c(c1)oc1c(-c3ccc(CCCCCCc4ccc(-c5cccc6c5oc5ccccc56)nc4)cn3)cccc12. The van der Waals surface area contributed by atoms with Crippen molar-refractivity contribution in [3.63, 3.8) is 0 Å². The maximum atomic E-state index is 6.21. The lowest BCUT2D eigenvalue weighted by Crippen LogP contribution is -1.92. The maximum absolute atomic E-state index is 6.21. The molecule has 0 fully saturated rings. The number of hydrogen-bond acceptors (Lipinski definition) is 4. The second-order valence-electron chi connectivity index (χ2n) is 11.6. The average Bonchev–Trinajstić information content (AvgIpc) is 3.66. The first kappa shape index (κ1) is 26.4. The minimum atomic E-state index is 0.905. The first-order chi connectivity index (χ1) is 21.8. The Morgan fingerprint density at radius 1 is 0.409 bits per heavy atom. The van der Waals surface area contributed by atoms with Gasteiger partial charge in [0.15, 0.2) is 0 Å². The summed E-state index contributed by atoms with van der Waals surface area (Å²) in [6.07, 6.45) is 10.9. The number of fused-ring (bicyclic) bond motifs is 6. The van der Waals surface area contributed by atoms with Gasteiger partial charge < -0.3 is 8.83 Å². The third-order valence-electron chi connectivity index (χ3n) is 8.69. The highest BCUT2D eigenvalue weighted by molar-refractivity contribution is 6.10. The monoisotopic (exact) mass is 572 g/mol. The first-order valence-electron chi connectivity index (χ1n) is 15.5. The van der Waals surface area contributed by atoms with Gasteiger partial charge in [0, 0.05) is 45.1 Å². The van der Waals surface area contributed by atoms with Crippen LogP contribution in [0.4, 0.5) is 0 Å². The van der Waals surface area contributed by atoms with Crippen LogP contribution in [0.5, 0.6) is 0 Å².